The molecule has 0 spiro atoms. The maximum atomic E-state index is 11.6. The molecule has 5 nitrogen and oxygen atoms in total. The van der Waals surface area contributed by atoms with Crippen molar-refractivity contribution in [3.05, 3.63) is 40.2 Å². The second-order valence-corrected chi connectivity index (χ2v) is 6.59. The molecule has 5 heteroatoms. The van der Waals surface area contributed by atoms with Crippen molar-refractivity contribution in [2.24, 2.45) is 0 Å². The summed E-state index contributed by atoms with van der Waals surface area (Å²) in [6.45, 7) is 8.53. The highest BCUT2D eigenvalue weighted by molar-refractivity contribution is 6.07. The quantitative estimate of drug-likeness (QED) is 0.599. The summed E-state index contributed by atoms with van der Waals surface area (Å²) in [6, 6.07) is 5.18. The number of H-pyrrole nitrogens is 1. The summed E-state index contributed by atoms with van der Waals surface area (Å²) in [5.41, 5.74) is 4.21. The lowest BCUT2D eigenvalue weighted by molar-refractivity contribution is 0.547. The van der Waals surface area contributed by atoms with Gasteiger partial charge in [0.2, 0.25) is 0 Å². The van der Waals surface area contributed by atoms with E-state index in [1.54, 1.807) is 12.1 Å². The van der Waals surface area contributed by atoms with E-state index in [1.165, 1.54) is 6.07 Å². The van der Waals surface area contributed by atoms with Gasteiger partial charge in [-0.05, 0) is 31.9 Å². The van der Waals surface area contributed by atoms with Gasteiger partial charge in [-0.2, -0.15) is 0 Å². The van der Waals surface area contributed by atoms with E-state index < -0.39 is 0 Å². The number of aromatic nitrogens is 3. The van der Waals surface area contributed by atoms with Gasteiger partial charge < -0.3 is 9.52 Å². The predicted molar refractivity (Wildman–Crippen MR) is 92.1 cm³/mol. The van der Waals surface area contributed by atoms with E-state index in [0.717, 1.165) is 33.1 Å². The minimum absolute atomic E-state index is 0.0489. The van der Waals surface area contributed by atoms with Gasteiger partial charge in [0.1, 0.15) is 11.1 Å². The SMILES string of the molecule is CC(C)c1c2c[nH]n(C(C)C)c2nc2c1oc1cc(=O)ccc12. The van der Waals surface area contributed by atoms with Crippen molar-refractivity contribution in [2.45, 2.75) is 39.7 Å². The van der Waals surface area contributed by atoms with Crippen molar-refractivity contribution in [1.82, 2.24) is 14.8 Å². The van der Waals surface area contributed by atoms with Gasteiger partial charge in [0.25, 0.3) is 0 Å². The summed E-state index contributed by atoms with van der Waals surface area (Å²) in [4.78, 5) is 16.5. The maximum absolute atomic E-state index is 11.6. The fraction of sp³-hybridized carbons (Fsp3) is 0.333. The van der Waals surface area contributed by atoms with Crippen LogP contribution in [0, 0.1) is 0 Å². The molecule has 1 N–H and O–H groups in total. The number of furan rings is 1. The summed E-state index contributed by atoms with van der Waals surface area (Å²) in [5.74, 6) is 0.284. The Kier molecular flexibility index (Phi) is 2.88. The molecule has 0 radical (unpaired) electrons. The summed E-state index contributed by atoms with van der Waals surface area (Å²) in [6.07, 6.45) is 1.99. The van der Waals surface area contributed by atoms with Gasteiger partial charge in [-0.15, -0.1) is 0 Å². The first-order valence-corrected chi connectivity index (χ1v) is 7.93. The third-order valence-corrected chi connectivity index (χ3v) is 4.30. The van der Waals surface area contributed by atoms with Gasteiger partial charge in [0, 0.05) is 34.6 Å². The minimum atomic E-state index is -0.0489. The molecular formula is C18H19N3O2. The van der Waals surface area contributed by atoms with Crippen LogP contribution in [-0.2, 0) is 0 Å². The average molecular weight is 309 g/mol. The van der Waals surface area contributed by atoms with Gasteiger partial charge in [0.15, 0.2) is 16.7 Å². The molecule has 23 heavy (non-hydrogen) atoms. The lowest BCUT2D eigenvalue weighted by Gasteiger charge is -2.11. The van der Waals surface area contributed by atoms with Crippen LogP contribution in [0.15, 0.2) is 33.6 Å². The summed E-state index contributed by atoms with van der Waals surface area (Å²) in [5, 5.41) is 5.25. The fourth-order valence-electron chi connectivity index (χ4n) is 3.25. The maximum Gasteiger partial charge on any atom is 0.182 e. The van der Waals surface area contributed by atoms with Crippen LogP contribution in [0.5, 0.6) is 0 Å². The van der Waals surface area contributed by atoms with Gasteiger partial charge in [-0.1, -0.05) is 13.8 Å². The molecule has 0 amide bonds. The van der Waals surface area contributed by atoms with Crippen LogP contribution in [0.3, 0.4) is 0 Å². The number of hydrogen-bond donors (Lipinski definition) is 1. The van der Waals surface area contributed by atoms with Crippen molar-refractivity contribution in [3.8, 4) is 0 Å². The van der Waals surface area contributed by atoms with E-state index in [0.29, 0.717) is 5.58 Å². The van der Waals surface area contributed by atoms with Gasteiger partial charge in [-0.25, -0.2) is 4.98 Å². The van der Waals surface area contributed by atoms with Crippen molar-refractivity contribution < 1.29 is 4.42 Å². The lowest BCUT2D eigenvalue weighted by atomic mass is 10.00. The second-order valence-electron chi connectivity index (χ2n) is 6.59. The number of aromatic amines is 1. The van der Waals surface area contributed by atoms with E-state index in [4.69, 9.17) is 9.40 Å². The Morgan fingerprint density at radius 1 is 1.17 bits per heavy atom. The number of pyridine rings is 1. The molecule has 0 saturated carbocycles. The first-order valence-electron chi connectivity index (χ1n) is 7.93. The fourth-order valence-corrected chi connectivity index (χ4v) is 3.25. The smallest absolute Gasteiger partial charge is 0.182 e. The molecule has 0 aliphatic rings. The zero-order chi connectivity index (χ0) is 16.3. The summed E-state index contributed by atoms with van der Waals surface area (Å²) in [7, 11) is 0. The molecule has 0 bridgehead atoms. The molecule has 0 atom stereocenters. The van der Waals surface area contributed by atoms with Crippen molar-refractivity contribution in [3.63, 3.8) is 0 Å². The number of fused-ring (bicyclic) bond motifs is 4. The largest absolute Gasteiger partial charge is 0.454 e. The highest BCUT2D eigenvalue weighted by Crippen LogP contribution is 2.37. The third kappa shape index (κ3) is 1.92. The van der Waals surface area contributed by atoms with Crippen molar-refractivity contribution in [2.75, 3.05) is 0 Å². The van der Waals surface area contributed by atoms with Crippen LogP contribution in [-0.4, -0.2) is 14.8 Å². The van der Waals surface area contributed by atoms with E-state index in [2.05, 4.69) is 37.5 Å². The molecule has 3 heterocycles. The molecule has 0 unspecified atom stereocenters. The Bertz CT molecular complexity index is 1100. The average Bonchev–Trinajstić information content (AvgIpc) is 3.04. The zero-order valence-corrected chi connectivity index (χ0v) is 13.7. The molecular weight excluding hydrogens is 290 g/mol. The zero-order valence-electron chi connectivity index (χ0n) is 13.7. The number of benzene rings is 1. The van der Waals surface area contributed by atoms with Crippen LogP contribution in [0.25, 0.3) is 33.1 Å². The number of nitrogens with one attached hydrogen (secondary N) is 1. The summed E-state index contributed by atoms with van der Waals surface area (Å²) >= 11 is 0. The lowest BCUT2D eigenvalue weighted by Crippen LogP contribution is -2.04. The first kappa shape index (κ1) is 14.1. The molecule has 0 aliphatic carbocycles. The molecule has 0 aliphatic heterocycles. The van der Waals surface area contributed by atoms with E-state index in [1.807, 2.05) is 6.20 Å². The predicted octanol–water partition coefficient (Wildman–Crippen LogP) is 4.33. The van der Waals surface area contributed by atoms with Crippen molar-refractivity contribution >= 4 is 33.1 Å². The van der Waals surface area contributed by atoms with E-state index >= 15 is 0 Å². The molecule has 4 aromatic rings. The van der Waals surface area contributed by atoms with Crippen LogP contribution in [0.4, 0.5) is 0 Å². The Hall–Kier alpha value is -2.56. The van der Waals surface area contributed by atoms with Crippen LogP contribution >= 0.6 is 0 Å². The van der Waals surface area contributed by atoms with Crippen LogP contribution in [0.1, 0.15) is 45.2 Å². The monoisotopic (exact) mass is 309 g/mol. The number of nitrogens with zero attached hydrogens (tertiary/aromatic N) is 2. The Morgan fingerprint density at radius 2 is 1.96 bits per heavy atom. The van der Waals surface area contributed by atoms with Gasteiger partial charge in [-0.3, -0.25) is 9.48 Å². The Balaban J connectivity index is 2.25. The normalized spacial score (nSPS) is 12.4. The highest BCUT2D eigenvalue weighted by Gasteiger charge is 2.21. The molecule has 3 aromatic heterocycles. The standard InChI is InChI=1S/C18H19N3O2/c1-9(2)15-13-8-19-21(10(3)4)18(13)20-16-12-6-5-11(22)7-14(12)23-17(15)16/h5-10,19H,1-4H3. The topological polar surface area (TPSA) is 63.8 Å². The molecule has 0 saturated heterocycles. The Morgan fingerprint density at radius 3 is 2.65 bits per heavy atom. The second kappa shape index (κ2) is 4.72. The molecule has 0 fully saturated rings. The van der Waals surface area contributed by atoms with E-state index in [-0.39, 0.29) is 17.4 Å². The summed E-state index contributed by atoms with van der Waals surface area (Å²) < 4.78 is 8.07. The van der Waals surface area contributed by atoms with Crippen molar-refractivity contribution in [1.29, 1.82) is 0 Å². The van der Waals surface area contributed by atoms with E-state index in [9.17, 15) is 4.79 Å². The number of hydrogen-bond acceptors (Lipinski definition) is 3. The molecule has 1 aromatic carbocycles. The first-order chi connectivity index (χ1) is 11.0. The highest BCUT2D eigenvalue weighted by atomic mass is 16.3. The van der Waals surface area contributed by atoms with Crippen LogP contribution < -0.4 is 5.43 Å². The Labute approximate surface area is 132 Å². The molecule has 118 valence electrons. The van der Waals surface area contributed by atoms with Gasteiger partial charge >= 0.3 is 0 Å². The minimum Gasteiger partial charge on any atom is -0.454 e. The number of rotatable bonds is 2. The third-order valence-electron chi connectivity index (χ3n) is 4.30. The van der Waals surface area contributed by atoms with Crippen LogP contribution in [0.2, 0.25) is 0 Å². The molecule has 4 rings (SSSR count). The van der Waals surface area contributed by atoms with Gasteiger partial charge in [0.05, 0.1) is 0 Å².